The predicted molar refractivity (Wildman–Crippen MR) is 68.5 cm³/mol. The Bertz CT molecular complexity index is 418. The number of urea groups is 1. The van der Waals surface area contributed by atoms with E-state index in [2.05, 4.69) is 10.6 Å². The van der Waals surface area contributed by atoms with Gasteiger partial charge in [-0.2, -0.15) is 0 Å². The van der Waals surface area contributed by atoms with Crippen molar-refractivity contribution in [1.82, 2.24) is 10.6 Å². The lowest BCUT2D eigenvalue weighted by atomic mass is 10.2. The third-order valence-electron chi connectivity index (χ3n) is 2.24. The maximum absolute atomic E-state index is 11.4. The zero-order valence-corrected chi connectivity index (χ0v) is 10.7. The summed E-state index contributed by atoms with van der Waals surface area (Å²) >= 11 is 0. The van der Waals surface area contributed by atoms with Crippen LogP contribution in [0.2, 0.25) is 0 Å². The van der Waals surface area contributed by atoms with Crippen molar-refractivity contribution in [3.63, 3.8) is 0 Å². The van der Waals surface area contributed by atoms with Crippen LogP contribution in [0.3, 0.4) is 0 Å². The first kappa shape index (κ1) is 14.0. The standard InChI is InChI=1S/C13H18N2O3/c1-3-8-14-13(17)15-12(16)9-18-11-7-5-4-6-10(11)2/h4-7H,3,8-9H2,1-2H3,(H2,14,15,16,17). The van der Waals surface area contributed by atoms with Crippen molar-refractivity contribution in [2.24, 2.45) is 0 Å². The van der Waals surface area contributed by atoms with Crippen molar-refractivity contribution in [2.75, 3.05) is 13.2 Å². The van der Waals surface area contributed by atoms with Gasteiger partial charge in [-0.3, -0.25) is 10.1 Å². The SMILES string of the molecule is CCCNC(=O)NC(=O)COc1ccccc1C. The molecule has 5 nitrogen and oxygen atoms in total. The Morgan fingerprint density at radius 2 is 2.00 bits per heavy atom. The number of para-hydroxylation sites is 1. The van der Waals surface area contributed by atoms with Crippen LogP contribution in [0.5, 0.6) is 5.75 Å². The molecule has 0 unspecified atom stereocenters. The predicted octanol–water partition coefficient (Wildman–Crippen LogP) is 1.61. The van der Waals surface area contributed by atoms with Gasteiger partial charge in [-0.15, -0.1) is 0 Å². The second-order valence-electron chi connectivity index (χ2n) is 3.86. The van der Waals surface area contributed by atoms with Gasteiger partial charge in [0.05, 0.1) is 0 Å². The lowest BCUT2D eigenvalue weighted by Gasteiger charge is -2.09. The van der Waals surface area contributed by atoms with Gasteiger partial charge in [0, 0.05) is 6.54 Å². The van der Waals surface area contributed by atoms with Crippen LogP contribution in [0, 0.1) is 6.92 Å². The molecule has 1 rings (SSSR count). The molecule has 0 aliphatic carbocycles. The molecule has 98 valence electrons. The normalized spacial score (nSPS) is 9.67. The summed E-state index contributed by atoms with van der Waals surface area (Å²) in [6, 6.07) is 6.89. The number of amides is 3. The molecule has 3 amide bonds. The second-order valence-corrected chi connectivity index (χ2v) is 3.86. The number of ether oxygens (including phenoxy) is 1. The number of carbonyl (C=O) groups is 2. The summed E-state index contributed by atoms with van der Waals surface area (Å²) in [4.78, 5) is 22.6. The summed E-state index contributed by atoms with van der Waals surface area (Å²) in [7, 11) is 0. The van der Waals surface area contributed by atoms with Gasteiger partial charge in [0.25, 0.3) is 5.91 Å². The number of nitrogens with one attached hydrogen (secondary N) is 2. The number of hydrogen-bond donors (Lipinski definition) is 2. The van der Waals surface area contributed by atoms with E-state index < -0.39 is 11.9 Å². The zero-order chi connectivity index (χ0) is 13.4. The number of aryl methyl sites for hydroxylation is 1. The molecule has 1 aromatic carbocycles. The molecule has 0 saturated carbocycles. The highest BCUT2D eigenvalue weighted by Crippen LogP contribution is 2.15. The molecule has 5 heteroatoms. The lowest BCUT2D eigenvalue weighted by Crippen LogP contribution is -2.41. The first-order valence-corrected chi connectivity index (χ1v) is 5.89. The number of imide groups is 1. The fraction of sp³-hybridized carbons (Fsp3) is 0.385. The third-order valence-corrected chi connectivity index (χ3v) is 2.24. The highest BCUT2D eigenvalue weighted by atomic mass is 16.5. The highest BCUT2D eigenvalue weighted by Gasteiger charge is 2.08. The van der Waals surface area contributed by atoms with E-state index >= 15 is 0 Å². The summed E-state index contributed by atoms with van der Waals surface area (Å²) in [5.41, 5.74) is 0.945. The van der Waals surface area contributed by atoms with Crippen LogP contribution in [0.25, 0.3) is 0 Å². The van der Waals surface area contributed by atoms with E-state index in [1.165, 1.54) is 0 Å². The van der Waals surface area contributed by atoms with Crippen LogP contribution < -0.4 is 15.4 Å². The van der Waals surface area contributed by atoms with Crippen LogP contribution in [0.1, 0.15) is 18.9 Å². The fourth-order valence-corrected chi connectivity index (χ4v) is 1.31. The average Bonchev–Trinajstić information content (AvgIpc) is 2.35. The Morgan fingerprint density at radius 3 is 2.67 bits per heavy atom. The van der Waals surface area contributed by atoms with E-state index in [4.69, 9.17) is 4.74 Å². The topological polar surface area (TPSA) is 67.4 Å². The van der Waals surface area contributed by atoms with E-state index in [-0.39, 0.29) is 6.61 Å². The van der Waals surface area contributed by atoms with E-state index in [1.54, 1.807) is 6.07 Å². The lowest BCUT2D eigenvalue weighted by molar-refractivity contribution is -0.122. The van der Waals surface area contributed by atoms with Gasteiger partial charge in [0.1, 0.15) is 5.75 Å². The zero-order valence-electron chi connectivity index (χ0n) is 10.7. The Labute approximate surface area is 107 Å². The molecule has 1 aromatic rings. The fourth-order valence-electron chi connectivity index (χ4n) is 1.31. The van der Waals surface area contributed by atoms with E-state index in [9.17, 15) is 9.59 Å². The average molecular weight is 250 g/mol. The molecule has 0 saturated heterocycles. The minimum absolute atomic E-state index is 0.176. The van der Waals surface area contributed by atoms with Crippen LogP contribution in [0.4, 0.5) is 4.79 Å². The maximum atomic E-state index is 11.4. The van der Waals surface area contributed by atoms with E-state index in [1.807, 2.05) is 32.0 Å². The number of carbonyl (C=O) groups excluding carboxylic acids is 2. The second kappa shape index (κ2) is 7.32. The molecule has 0 fully saturated rings. The van der Waals surface area contributed by atoms with Crippen LogP contribution in [0.15, 0.2) is 24.3 Å². The Hall–Kier alpha value is -2.04. The molecule has 0 radical (unpaired) electrons. The van der Waals surface area contributed by atoms with Gasteiger partial charge in [-0.05, 0) is 25.0 Å². The molecular weight excluding hydrogens is 232 g/mol. The maximum Gasteiger partial charge on any atom is 0.321 e. The molecule has 0 heterocycles. The number of rotatable bonds is 5. The van der Waals surface area contributed by atoms with Gasteiger partial charge in [0.2, 0.25) is 0 Å². The molecule has 0 aliphatic heterocycles. The summed E-state index contributed by atoms with van der Waals surface area (Å²) in [5, 5.41) is 4.74. The van der Waals surface area contributed by atoms with Gasteiger partial charge in [-0.25, -0.2) is 4.79 Å². The van der Waals surface area contributed by atoms with Crippen molar-refractivity contribution in [3.8, 4) is 5.75 Å². The highest BCUT2D eigenvalue weighted by molar-refractivity contribution is 5.94. The van der Waals surface area contributed by atoms with Gasteiger partial charge >= 0.3 is 6.03 Å². The van der Waals surface area contributed by atoms with Crippen molar-refractivity contribution in [3.05, 3.63) is 29.8 Å². The molecule has 0 atom stereocenters. The van der Waals surface area contributed by atoms with Gasteiger partial charge in [0.15, 0.2) is 6.61 Å². The number of benzene rings is 1. The van der Waals surface area contributed by atoms with Crippen LogP contribution >= 0.6 is 0 Å². The van der Waals surface area contributed by atoms with Crippen LogP contribution in [-0.2, 0) is 4.79 Å². The Balaban J connectivity index is 2.33. The Kier molecular flexibility index (Phi) is 5.70. The Morgan fingerprint density at radius 1 is 1.28 bits per heavy atom. The summed E-state index contributed by atoms with van der Waals surface area (Å²) < 4.78 is 5.31. The smallest absolute Gasteiger partial charge is 0.321 e. The first-order chi connectivity index (χ1) is 8.63. The summed E-state index contributed by atoms with van der Waals surface area (Å²) in [5.74, 6) is 0.175. The molecule has 0 aromatic heterocycles. The van der Waals surface area contributed by atoms with E-state index in [0.29, 0.717) is 12.3 Å². The first-order valence-electron chi connectivity index (χ1n) is 5.89. The van der Waals surface area contributed by atoms with Crippen LogP contribution in [-0.4, -0.2) is 25.1 Å². The van der Waals surface area contributed by atoms with Gasteiger partial charge in [-0.1, -0.05) is 25.1 Å². The molecule has 0 bridgehead atoms. The van der Waals surface area contributed by atoms with Crippen molar-refractivity contribution < 1.29 is 14.3 Å². The molecular formula is C13H18N2O3. The molecule has 0 spiro atoms. The van der Waals surface area contributed by atoms with Crippen molar-refractivity contribution in [2.45, 2.75) is 20.3 Å². The molecule has 2 N–H and O–H groups in total. The minimum Gasteiger partial charge on any atom is -0.483 e. The quantitative estimate of drug-likeness (QED) is 0.834. The van der Waals surface area contributed by atoms with Gasteiger partial charge < -0.3 is 10.1 Å². The molecule has 0 aliphatic rings. The van der Waals surface area contributed by atoms with E-state index in [0.717, 1.165) is 12.0 Å². The van der Waals surface area contributed by atoms with Crippen molar-refractivity contribution >= 4 is 11.9 Å². The number of hydrogen-bond acceptors (Lipinski definition) is 3. The van der Waals surface area contributed by atoms with Crippen molar-refractivity contribution in [1.29, 1.82) is 0 Å². The largest absolute Gasteiger partial charge is 0.483 e. The minimum atomic E-state index is -0.491. The summed E-state index contributed by atoms with van der Waals surface area (Å²) in [6.07, 6.45) is 0.821. The molecule has 18 heavy (non-hydrogen) atoms. The summed E-state index contributed by atoms with van der Waals surface area (Å²) in [6.45, 7) is 4.19. The third kappa shape index (κ3) is 4.86. The monoisotopic (exact) mass is 250 g/mol.